The van der Waals surface area contributed by atoms with Crippen LogP contribution in [-0.4, -0.2) is 15.7 Å². The van der Waals surface area contributed by atoms with E-state index in [-0.39, 0.29) is 11.8 Å². The number of anilines is 1. The molecule has 3 rings (SSSR count). The maximum atomic E-state index is 13.3. The quantitative estimate of drug-likeness (QED) is 0.417. The number of benzene rings is 1. The second-order valence-electron chi connectivity index (χ2n) is 6.53. The molecule has 0 fully saturated rings. The highest BCUT2D eigenvalue weighted by atomic mass is 19.4. The summed E-state index contributed by atoms with van der Waals surface area (Å²) in [4.78, 5) is 12.0. The molecule has 0 aliphatic heterocycles. The molecule has 2 heterocycles. The number of rotatable bonds is 5. The fourth-order valence-electron chi connectivity index (χ4n) is 2.77. The third kappa shape index (κ3) is 5.56. The van der Waals surface area contributed by atoms with Crippen molar-refractivity contribution in [3.05, 3.63) is 77.0 Å². The largest absolute Gasteiger partial charge is 0.465 e. The van der Waals surface area contributed by atoms with Crippen LogP contribution < -0.4 is 5.32 Å². The maximum Gasteiger partial charge on any atom is 0.416 e. The first-order chi connectivity index (χ1) is 14.4. The zero-order chi connectivity index (χ0) is 22.8. The van der Waals surface area contributed by atoms with Gasteiger partial charge < -0.3 is 9.73 Å². The third-order valence-corrected chi connectivity index (χ3v) is 4.22. The predicted molar refractivity (Wildman–Crippen MR) is 98.9 cm³/mol. The Kier molecular flexibility index (Phi) is 5.96. The molecule has 31 heavy (non-hydrogen) atoms. The minimum atomic E-state index is -4.98. The zero-order valence-corrected chi connectivity index (χ0v) is 15.9. The first-order valence-corrected chi connectivity index (χ1v) is 8.77. The average Bonchev–Trinajstić information content (AvgIpc) is 3.28. The number of alkyl halides is 6. The van der Waals surface area contributed by atoms with Crippen molar-refractivity contribution in [2.24, 2.45) is 0 Å². The van der Waals surface area contributed by atoms with Crippen molar-refractivity contribution in [2.45, 2.75) is 25.8 Å². The number of nitrogens with zero attached hydrogens (tertiary/aromatic N) is 2. The van der Waals surface area contributed by atoms with Crippen LogP contribution in [0.3, 0.4) is 0 Å². The Balaban J connectivity index is 1.80. The molecule has 1 amide bonds. The van der Waals surface area contributed by atoms with Crippen molar-refractivity contribution in [2.75, 3.05) is 5.32 Å². The van der Waals surface area contributed by atoms with E-state index in [1.165, 1.54) is 31.5 Å². The second kappa shape index (κ2) is 8.32. The molecule has 0 unspecified atom stereocenters. The molecular weight excluding hydrogens is 428 g/mol. The van der Waals surface area contributed by atoms with Crippen LogP contribution in [0.2, 0.25) is 0 Å². The van der Waals surface area contributed by atoms with E-state index in [2.05, 4.69) is 10.4 Å². The summed E-state index contributed by atoms with van der Waals surface area (Å²) in [6.45, 7) is 1.09. The molecule has 0 atom stereocenters. The van der Waals surface area contributed by atoms with Gasteiger partial charge in [0.05, 0.1) is 35.3 Å². The van der Waals surface area contributed by atoms with Crippen LogP contribution >= 0.6 is 0 Å². The summed E-state index contributed by atoms with van der Waals surface area (Å²) in [6.07, 6.45) is -4.53. The van der Waals surface area contributed by atoms with Crippen molar-refractivity contribution in [3.63, 3.8) is 0 Å². The highest BCUT2D eigenvalue weighted by Gasteiger charge is 2.38. The van der Waals surface area contributed by atoms with Crippen molar-refractivity contribution < 1.29 is 35.6 Å². The molecule has 2 aromatic heterocycles. The first-order valence-electron chi connectivity index (χ1n) is 8.77. The van der Waals surface area contributed by atoms with Gasteiger partial charge in [-0.05, 0) is 42.8 Å². The Morgan fingerprint density at radius 2 is 1.90 bits per heavy atom. The molecule has 0 aliphatic rings. The minimum absolute atomic E-state index is 0.0772. The van der Waals surface area contributed by atoms with Gasteiger partial charge in [0.15, 0.2) is 0 Å². The lowest BCUT2D eigenvalue weighted by molar-refractivity contribution is -0.143. The van der Waals surface area contributed by atoms with E-state index in [0.717, 1.165) is 10.7 Å². The molecule has 0 saturated carbocycles. The number of aromatic nitrogens is 2. The Labute approximate surface area is 172 Å². The van der Waals surface area contributed by atoms with Crippen LogP contribution in [0.15, 0.2) is 53.3 Å². The van der Waals surface area contributed by atoms with Gasteiger partial charge in [0.1, 0.15) is 5.76 Å². The Hall–Kier alpha value is -3.50. The summed E-state index contributed by atoms with van der Waals surface area (Å²) in [7, 11) is 0. The number of nitrogens with one attached hydrogen (secondary N) is 1. The van der Waals surface area contributed by atoms with Crippen molar-refractivity contribution in [3.8, 4) is 0 Å². The summed E-state index contributed by atoms with van der Waals surface area (Å²) in [5.74, 6) is -0.0749. The van der Waals surface area contributed by atoms with Crippen LogP contribution in [0.4, 0.5) is 32.0 Å². The van der Waals surface area contributed by atoms with Crippen LogP contribution in [0, 0.1) is 6.92 Å². The van der Waals surface area contributed by atoms with E-state index in [1.54, 1.807) is 12.1 Å². The van der Waals surface area contributed by atoms with E-state index < -0.39 is 41.5 Å². The summed E-state index contributed by atoms with van der Waals surface area (Å²) in [5.41, 5.74) is -2.62. The monoisotopic (exact) mass is 443 g/mol. The lowest BCUT2D eigenvalue weighted by Gasteiger charge is -2.16. The molecule has 3 aromatic rings. The summed E-state index contributed by atoms with van der Waals surface area (Å²) < 4.78 is 84.5. The van der Waals surface area contributed by atoms with Crippen molar-refractivity contribution in [1.82, 2.24) is 9.78 Å². The van der Waals surface area contributed by atoms with Crippen molar-refractivity contribution >= 4 is 17.7 Å². The molecule has 0 bridgehead atoms. The van der Waals surface area contributed by atoms with E-state index in [4.69, 9.17) is 4.42 Å². The van der Waals surface area contributed by atoms with E-state index in [9.17, 15) is 31.1 Å². The van der Waals surface area contributed by atoms with Gasteiger partial charge in [-0.15, -0.1) is 0 Å². The van der Waals surface area contributed by atoms with Crippen LogP contribution in [0.1, 0.15) is 28.1 Å². The number of carbonyl (C=O) groups is 1. The van der Waals surface area contributed by atoms with Gasteiger partial charge in [-0.1, -0.05) is 6.07 Å². The molecule has 0 saturated heterocycles. The number of aryl methyl sites for hydroxylation is 1. The summed E-state index contributed by atoms with van der Waals surface area (Å²) in [6, 6.07) is 4.71. The number of carbonyl (C=O) groups excluding carboxylic acids is 1. The van der Waals surface area contributed by atoms with Crippen LogP contribution in [0.5, 0.6) is 0 Å². The Morgan fingerprint density at radius 3 is 2.52 bits per heavy atom. The average molecular weight is 443 g/mol. The third-order valence-electron chi connectivity index (χ3n) is 4.22. The van der Waals surface area contributed by atoms with Crippen molar-refractivity contribution in [1.29, 1.82) is 0 Å². The number of hydrogen-bond acceptors (Lipinski definition) is 3. The number of hydrogen-bond donors (Lipinski definition) is 1. The molecule has 164 valence electrons. The maximum absolute atomic E-state index is 13.3. The van der Waals surface area contributed by atoms with Gasteiger partial charge >= 0.3 is 12.4 Å². The van der Waals surface area contributed by atoms with E-state index in [1.807, 2.05) is 0 Å². The van der Waals surface area contributed by atoms with E-state index in [0.29, 0.717) is 17.5 Å². The molecule has 1 aromatic carbocycles. The number of furan rings is 1. The summed E-state index contributed by atoms with van der Waals surface area (Å²) >= 11 is 0. The highest BCUT2D eigenvalue weighted by molar-refractivity contribution is 6.01. The Bertz CT molecular complexity index is 1100. The zero-order valence-electron chi connectivity index (χ0n) is 15.9. The Morgan fingerprint density at radius 1 is 1.16 bits per heavy atom. The van der Waals surface area contributed by atoms with Gasteiger partial charge in [-0.3, -0.25) is 9.48 Å². The SMILES string of the molecule is Cc1nn(Cc2ccc(C(F)(F)F)cc2C(F)(F)F)cc1NC(=O)C=Cc1ccco1. The normalized spacial score (nSPS) is 12.5. The molecule has 0 spiro atoms. The standard InChI is InChI=1S/C20H15F6N3O2/c1-12-17(27-18(30)7-6-15-3-2-8-31-15)11-29(28-12)10-13-4-5-14(19(21,22)23)9-16(13)20(24,25)26/h2-9,11H,10H2,1H3,(H,27,30). The van der Waals surface area contributed by atoms with Gasteiger partial charge in [-0.2, -0.15) is 31.4 Å². The lowest BCUT2D eigenvalue weighted by Crippen LogP contribution is -2.15. The molecule has 5 nitrogen and oxygen atoms in total. The molecule has 0 aliphatic carbocycles. The molecular formula is C20H15F6N3O2. The lowest BCUT2D eigenvalue weighted by atomic mass is 10.0. The van der Waals surface area contributed by atoms with Gasteiger partial charge in [0, 0.05) is 12.3 Å². The fourth-order valence-corrected chi connectivity index (χ4v) is 2.77. The topological polar surface area (TPSA) is 60.1 Å². The smallest absolute Gasteiger partial charge is 0.416 e. The molecule has 1 N–H and O–H groups in total. The van der Waals surface area contributed by atoms with Gasteiger partial charge in [-0.25, -0.2) is 0 Å². The van der Waals surface area contributed by atoms with E-state index >= 15 is 0 Å². The molecule has 11 heteroatoms. The predicted octanol–water partition coefficient (Wildman–Crippen LogP) is 5.52. The minimum Gasteiger partial charge on any atom is -0.465 e. The second-order valence-corrected chi connectivity index (χ2v) is 6.53. The van der Waals surface area contributed by atoms with Gasteiger partial charge in [0.25, 0.3) is 0 Å². The van der Waals surface area contributed by atoms with Gasteiger partial charge in [0.2, 0.25) is 5.91 Å². The van der Waals surface area contributed by atoms with Crippen LogP contribution in [0.25, 0.3) is 6.08 Å². The summed E-state index contributed by atoms with van der Waals surface area (Å²) in [5, 5.41) is 6.56. The molecule has 0 radical (unpaired) electrons. The fraction of sp³-hybridized carbons (Fsp3) is 0.200. The highest BCUT2D eigenvalue weighted by Crippen LogP contribution is 2.37. The number of halogens is 6. The van der Waals surface area contributed by atoms with Crippen LogP contribution in [-0.2, 0) is 23.7 Å². The first kappa shape index (κ1) is 22.2. The number of amides is 1.